The molecule has 1 fully saturated rings. The molecule has 30 heavy (non-hydrogen) atoms. The molecule has 1 heterocycles. The van der Waals surface area contributed by atoms with Crippen LogP contribution in [0.3, 0.4) is 0 Å². The van der Waals surface area contributed by atoms with Crippen molar-refractivity contribution in [2.45, 2.75) is 13.3 Å². The molecule has 0 radical (unpaired) electrons. The van der Waals surface area contributed by atoms with E-state index in [2.05, 4.69) is 5.32 Å². The van der Waals surface area contributed by atoms with Crippen molar-refractivity contribution in [2.24, 2.45) is 5.92 Å². The Morgan fingerprint density at radius 3 is 2.50 bits per heavy atom. The van der Waals surface area contributed by atoms with E-state index in [-0.39, 0.29) is 18.9 Å². The summed E-state index contributed by atoms with van der Waals surface area (Å²) in [7, 11) is 2.99. The van der Waals surface area contributed by atoms with Gasteiger partial charge in [-0.05, 0) is 31.2 Å². The van der Waals surface area contributed by atoms with Crippen molar-refractivity contribution < 1.29 is 28.6 Å². The van der Waals surface area contributed by atoms with Crippen LogP contribution in [-0.4, -0.2) is 45.2 Å². The number of benzene rings is 2. The lowest BCUT2D eigenvalue weighted by Crippen LogP contribution is -2.28. The standard InChI is InChI=1S/C22H24N2O6/c1-14-4-6-16(7-5-14)24-12-15(10-21(24)26)22(27)30-13-20(25)23-18-11-17(28-2)8-9-19(18)29-3/h4-9,11,15H,10,12-13H2,1-3H3,(H,23,25)/t15-/m1/s1. The van der Waals surface area contributed by atoms with Gasteiger partial charge in [-0.1, -0.05) is 17.7 Å². The number of aryl methyl sites for hydroxylation is 1. The van der Waals surface area contributed by atoms with E-state index >= 15 is 0 Å². The van der Waals surface area contributed by atoms with Crippen LogP contribution in [0.25, 0.3) is 0 Å². The van der Waals surface area contributed by atoms with Gasteiger partial charge in [0, 0.05) is 24.7 Å². The average molecular weight is 412 g/mol. The van der Waals surface area contributed by atoms with Crippen LogP contribution in [0.15, 0.2) is 42.5 Å². The summed E-state index contributed by atoms with van der Waals surface area (Å²) in [6.45, 7) is 1.72. The zero-order chi connectivity index (χ0) is 21.7. The van der Waals surface area contributed by atoms with Gasteiger partial charge < -0.3 is 24.4 Å². The molecule has 1 aliphatic rings. The van der Waals surface area contributed by atoms with E-state index in [1.807, 2.05) is 31.2 Å². The summed E-state index contributed by atoms with van der Waals surface area (Å²) in [5.41, 5.74) is 2.23. The third kappa shape index (κ3) is 4.89. The highest BCUT2D eigenvalue weighted by Crippen LogP contribution is 2.29. The van der Waals surface area contributed by atoms with Gasteiger partial charge in [-0.25, -0.2) is 0 Å². The molecule has 8 nitrogen and oxygen atoms in total. The molecule has 8 heteroatoms. The van der Waals surface area contributed by atoms with Crippen molar-refractivity contribution in [3.63, 3.8) is 0 Å². The minimum atomic E-state index is -0.613. The highest BCUT2D eigenvalue weighted by atomic mass is 16.5. The summed E-state index contributed by atoms with van der Waals surface area (Å²) in [4.78, 5) is 38.5. The van der Waals surface area contributed by atoms with Crippen molar-refractivity contribution in [1.82, 2.24) is 0 Å². The summed E-state index contributed by atoms with van der Waals surface area (Å²) in [5, 5.41) is 2.63. The molecule has 0 aromatic heterocycles. The van der Waals surface area contributed by atoms with E-state index in [4.69, 9.17) is 14.2 Å². The maximum Gasteiger partial charge on any atom is 0.311 e. The summed E-state index contributed by atoms with van der Waals surface area (Å²) >= 11 is 0. The van der Waals surface area contributed by atoms with Gasteiger partial charge in [-0.2, -0.15) is 0 Å². The van der Waals surface area contributed by atoms with Gasteiger partial charge in [0.1, 0.15) is 11.5 Å². The van der Waals surface area contributed by atoms with E-state index in [1.165, 1.54) is 14.2 Å². The van der Waals surface area contributed by atoms with Crippen molar-refractivity contribution in [3.05, 3.63) is 48.0 Å². The molecule has 2 amide bonds. The van der Waals surface area contributed by atoms with E-state index in [0.717, 1.165) is 11.3 Å². The van der Waals surface area contributed by atoms with Crippen molar-refractivity contribution in [2.75, 3.05) is 37.6 Å². The molecule has 2 aromatic carbocycles. The third-order valence-electron chi connectivity index (χ3n) is 4.83. The van der Waals surface area contributed by atoms with Gasteiger partial charge in [0.2, 0.25) is 5.91 Å². The summed E-state index contributed by atoms with van der Waals surface area (Å²) in [5.74, 6) is -0.862. The number of hydrogen-bond acceptors (Lipinski definition) is 6. The van der Waals surface area contributed by atoms with Gasteiger partial charge >= 0.3 is 5.97 Å². The van der Waals surface area contributed by atoms with E-state index < -0.39 is 24.4 Å². The third-order valence-corrected chi connectivity index (χ3v) is 4.83. The van der Waals surface area contributed by atoms with Crippen LogP contribution in [0.1, 0.15) is 12.0 Å². The van der Waals surface area contributed by atoms with Gasteiger partial charge in [-0.15, -0.1) is 0 Å². The molecular formula is C22H24N2O6. The molecule has 0 saturated carbocycles. The number of nitrogens with zero attached hydrogens (tertiary/aromatic N) is 1. The first-order valence-corrected chi connectivity index (χ1v) is 9.47. The van der Waals surface area contributed by atoms with Crippen LogP contribution in [0.5, 0.6) is 11.5 Å². The Bertz CT molecular complexity index is 941. The fraction of sp³-hybridized carbons (Fsp3) is 0.318. The maximum absolute atomic E-state index is 12.4. The number of esters is 1. The summed E-state index contributed by atoms with van der Waals surface area (Å²) in [6, 6.07) is 12.5. The first-order chi connectivity index (χ1) is 14.4. The lowest BCUT2D eigenvalue weighted by Gasteiger charge is -2.16. The lowest BCUT2D eigenvalue weighted by atomic mass is 10.1. The number of methoxy groups -OCH3 is 2. The zero-order valence-electron chi connectivity index (χ0n) is 17.1. The summed E-state index contributed by atoms with van der Waals surface area (Å²) < 4.78 is 15.5. The second-order valence-corrected chi connectivity index (χ2v) is 6.96. The van der Waals surface area contributed by atoms with E-state index in [0.29, 0.717) is 17.2 Å². The van der Waals surface area contributed by atoms with E-state index in [9.17, 15) is 14.4 Å². The number of ether oxygens (including phenoxy) is 3. The molecule has 158 valence electrons. The molecule has 0 bridgehead atoms. The highest BCUT2D eigenvalue weighted by Gasteiger charge is 2.36. The fourth-order valence-corrected chi connectivity index (χ4v) is 3.19. The molecule has 0 spiro atoms. The minimum absolute atomic E-state index is 0.0536. The van der Waals surface area contributed by atoms with Crippen LogP contribution >= 0.6 is 0 Å². The molecule has 3 rings (SSSR count). The zero-order valence-corrected chi connectivity index (χ0v) is 17.1. The number of amides is 2. The van der Waals surface area contributed by atoms with Crippen LogP contribution in [-0.2, 0) is 19.1 Å². The molecule has 2 aromatic rings. The Morgan fingerprint density at radius 2 is 1.83 bits per heavy atom. The number of rotatable bonds is 7. The number of hydrogen-bond donors (Lipinski definition) is 1. The normalized spacial score (nSPS) is 15.6. The number of anilines is 2. The second kappa shape index (κ2) is 9.30. The second-order valence-electron chi connectivity index (χ2n) is 6.96. The topological polar surface area (TPSA) is 94.2 Å². The smallest absolute Gasteiger partial charge is 0.311 e. The Kier molecular flexibility index (Phi) is 6.56. The molecule has 1 saturated heterocycles. The Hall–Kier alpha value is -3.55. The van der Waals surface area contributed by atoms with Gasteiger partial charge in [0.15, 0.2) is 6.61 Å². The van der Waals surface area contributed by atoms with Gasteiger partial charge in [0.05, 0.1) is 25.8 Å². The highest BCUT2D eigenvalue weighted by molar-refractivity contribution is 6.00. The van der Waals surface area contributed by atoms with Gasteiger partial charge in [0.25, 0.3) is 5.91 Å². The predicted molar refractivity (Wildman–Crippen MR) is 111 cm³/mol. The largest absolute Gasteiger partial charge is 0.497 e. The molecule has 1 aliphatic heterocycles. The van der Waals surface area contributed by atoms with Crippen molar-refractivity contribution >= 4 is 29.2 Å². The Morgan fingerprint density at radius 1 is 1.10 bits per heavy atom. The van der Waals surface area contributed by atoms with Crippen LogP contribution < -0.4 is 19.7 Å². The van der Waals surface area contributed by atoms with Crippen LogP contribution in [0.2, 0.25) is 0 Å². The minimum Gasteiger partial charge on any atom is -0.497 e. The first-order valence-electron chi connectivity index (χ1n) is 9.47. The molecular weight excluding hydrogens is 388 g/mol. The quantitative estimate of drug-likeness (QED) is 0.703. The number of nitrogens with one attached hydrogen (secondary N) is 1. The SMILES string of the molecule is COc1ccc(OC)c(NC(=O)COC(=O)[C@@H]2CC(=O)N(c3ccc(C)cc3)C2)c1. The van der Waals surface area contributed by atoms with Crippen LogP contribution in [0.4, 0.5) is 11.4 Å². The Balaban J connectivity index is 1.55. The fourth-order valence-electron chi connectivity index (χ4n) is 3.19. The Labute approximate surface area is 174 Å². The monoisotopic (exact) mass is 412 g/mol. The van der Waals surface area contributed by atoms with E-state index in [1.54, 1.807) is 23.1 Å². The van der Waals surface area contributed by atoms with Crippen molar-refractivity contribution in [3.8, 4) is 11.5 Å². The predicted octanol–water partition coefficient (Wildman–Crippen LogP) is 2.55. The molecule has 1 N–H and O–H groups in total. The maximum atomic E-state index is 12.4. The molecule has 0 aliphatic carbocycles. The first kappa shape index (κ1) is 21.2. The van der Waals surface area contributed by atoms with Gasteiger partial charge in [-0.3, -0.25) is 14.4 Å². The molecule has 0 unspecified atom stereocenters. The molecule has 1 atom stereocenters. The van der Waals surface area contributed by atoms with Crippen molar-refractivity contribution in [1.29, 1.82) is 0 Å². The number of carbonyl (C=O) groups excluding carboxylic acids is 3. The summed E-state index contributed by atoms with van der Waals surface area (Å²) in [6.07, 6.45) is 0.0536. The number of carbonyl (C=O) groups is 3. The van der Waals surface area contributed by atoms with Crippen LogP contribution in [0, 0.1) is 12.8 Å². The average Bonchev–Trinajstić information content (AvgIpc) is 3.14. The lowest BCUT2D eigenvalue weighted by molar-refractivity contribution is -0.151.